The normalized spacial score (nSPS) is 15.9. The Morgan fingerprint density at radius 3 is 2.62 bits per heavy atom. The lowest BCUT2D eigenvalue weighted by atomic mass is 10.2. The lowest BCUT2D eigenvalue weighted by Crippen LogP contribution is -2.23. The van der Waals surface area contributed by atoms with Gasteiger partial charge in [-0.25, -0.2) is 4.98 Å². The largest absolute Gasteiger partial charge is 0.488 e. The number of ether oxygens (including phenoxy) is 2. The van der Waals surface area contributed by atoms with E-state index in [0.29, 0.717) is 23.4 Å². The summed E-state index contributed by atoms with van der Waals surface area (Å²) in [5, 5.41) is 0. The van der Waals surface area contributed by atoms with E-state index < -0.39 is 0 Å². The third-order valence-corrected chi connectivity index (χ3v) is 2.10. The first-order valence-electron chi connectivity index (χ1n) is 5.55. The molecule has 1 aromatic heterocycles. The fourth-order valence-electron chi connectivity index (χ4n) is 1.27. The maximum absolute atomic E-state index is 5.79. The third kappa shape index (κ3) is 3.02. The van der Waals surface area contributed by atoms with Gasteiger partial charge in [0.1, 0.15) is 11.4 Å². The molecule has 88 valence electrons. The molecule has 2 N–H and O–H groups in total. The monoisotopic (exact) mass is 222 g/mol. The van der Waals surface area contributed by atoms with Crippen LogP contribution in [-0.2, 0) is 0 Å². The summed E-state index contributed by atoms with van der Waals surface area (Å²) in [5.74, 6) is 1.23. The average molecular weight is 222 g/mol. The van der Waals surface area contributed by atoms with Crippen molar-refractivity contribution in [1.29, 1.82) is 0 Å². The number of aromatic nitrogens is 1. The van der Waals surface area contributed by atoms with Crippen molar-refractivity contribution in [2.75, 3.05) is 5.73 Å². The second-order valence-electron chi connectivity index (χ2n) is 5.09. The summed E-state index contributed by atoms with van der Waals surface area (Å²) in [7, 11) is 0. The number of anilines is 1. The highest BCUT2D eigenvalue weighted by molar-refractivity contribution is 5.52. The molecule has 4 nitrogen and oxygen atoms in total. The molecule has 1 heterocycles. The van der Waals surface area contributed by atoms with Crippen LogP contribution < -0.4 is 15.2 Å². The minimum atomic E-state index is -0.264. The Morgan fingerprint density at radius 2 is 2.06 bits per heavy atom. The van der Waals surface area contributed by atoms with Gasteiger partial charge in [-0.15, -0.1) is 0 Å². The average Bonchev–Trinajstić information content (AvgIpc) is 2.92. The summed E-state index contributed by atoms with van der Waals surface area (Å²) >= 11 is 0. The highest BCUT2D eigenvalue weighted by Gasteiger charge is 2.25. The molecule has 0 amide bonds. The predicted octanol–water partition coefficient (Wildman–Crippen LogP) is 2.38. The lowest BCUT2D eigenvalue weighted by molar-refractivity contribution is 0.123. The van der Waals surface area contributed by atoms with Crippen molar-refractivity contribution in [2.45, 2.75) is 45.3 Å². The van der Waals surface area contributed by atoms with Gasteiger partial charge in [0, 0.05) is 6.07 Å². The van der Waals surface area contributed by atoms with Gasteiger partial charge in [0.2, 0.25) is 5.88 Å². The number of nitrogen functional groups attached to an aromatic ring is 1. The van der Waals surface area contributed by atoms with Gasteiger partial charge in [0.05, 0.1) is 18.0 Å². The van der Waals surface area contributed by atoms with E-state index in [1.807, 2.05) is 20.8 Å². The predicted molar refractivity (Wildman–Crippen MR) is 62.7 cm³/mol. The Labute approximate surface area is 95.8 Å². The topological polar surface area (TPSA) is 57.4 Å². The summed E-state index contributed by atoms with van der Waals surface area (Å²) in [6.45, 7) is 5.94. The highest BCUT2D eigenvalue weighted by Crippen LogP contribution is 2.32. The van der Waals surface area contributed by atoms with Crippen LogP contribution in [0.2, 0.25) is 0 Å². The first kappa shape index (κ1) is 11.0. The van der Waals surface area contributed by atoms with Gasteiger partial charge in [-0.05, 0) is 33.6 Å². The van der Waals surface area contributed by atoms with Gasteiger partial charge in [0.25, 0.3) is 0 Å². The molecule has 0 radical (unpaired) electrons. The molecule has 0 atom stereocenters. The van der Waals surface area contributed by atoms with Crippen molar-refractivity contribution in [2.24, 2.45) is 0 Å². The number of rotatable bonds is 3. The highest BCUT2D eigenvalue weighted by atomic mass is 16.5. The zero-order valence-corrected chi connectivity index (χ0v) is 9.99. The number of nitrogens with zero attached hydrogens (tertiary/aromatic N) is 1. The molecule has 16 heavy (non-hydrogen) atoms. The van der Waals surface area contributed by atoms with Crippen LogP contribution in [0.25, 0.3) is 0 Å². The van der Waals surface area contributed by atoms with Gasteiger partial charge in [-0.2, -0.15) is 0 Å². The van der Waals surface area contributed by atoms with Crippen molar-refractivity contribution < 1.29 is 9.47 Å². The molecule has 1 aromatic rings. The van der Waals surface area contributed by atoms with Crippen LogP contribution in [0, 0.1) is 0 Å². The van der Waals surface area contributed by atoms with Crippen molar-refractivity contribution in [3.05, 3.63) is 12.3 Å². The zero-order valence-electron chi connectivity index (χ0n) is 9.99. The van der Waals surface area contributed by atoms with E-state index >= 15 is 0 Å². The SMILES string of the molecule is CC(C)(C)Oc1cc(OC2CC2)c(N)cn1. The molecule has 1 fully saturated rings. The van der Waals surface area contributed by atoms with Crippen LogP contribution in [0.3, 0.4) is 0 Å². The number of pyridine rings is 1. The van der Waals surface area contributed by atoms with Crippen LogP contribution in [0.1, 0.15) is 33.6 Å². The second-order valence-corrected chi connectivity index (χ2v) is 5.09. The molecule has 0 aliphatic heterocycles. The summed E-state index contributed by atoms with van der Waals surface area (Å²) in [4.78, 5) is 4.12. The van der Waals surface area contributed by atoms with Crippen LogP contribution in [0.4, 0.5) is 5.69 Å². The molecule has 1 saturated carbocycles. The second kappa shape index (κ2) is 3.85. The molecule has 1 aliphatic rings. The van der Waals surface area contributed by atoms with E-state index in [4.69, 9.17) is 15.2 Å². The maximum Gasteiger partial charge on any atom is 0.217 e. The van der Waals surface area contributed by atoms with Crippen LogP contribution in [0.15, 0.2) is 12.3 Å². The molecular formula is C12H18N2O2. The van der Waals surface area contributed by atoms with Crippen molar-refractivity contribution in [3.8, 4) is 11.6 Å². The van der Waals surface area contributed by atoms with E-state index in [-0.39, 0.29) is 5.60 Å². The van der Waals surface area contributed by atoms with Gasteiger partial charge in [0.15, 0.2) is 0 Å². The molecule has 0 unspecified atom stereocenters. The number of nitrogens with two attached hydrogens (primary N) is 1. The smallest absolute Gasteiger partial charge is 0.217 e. The zero-order chi connectivity index (χ0) is 11.8. The molecule has 0 aromatic carbocycles. The molecule has 1 aliphatic carbocycles. The Balaban J connectivity index is 2.14. The molecule has 0 saturated heterocycles. The Kier molecular flexibility index (Phi) is 2.66. The molecule has 2 rings (SSSR count). The standard InChI is InChI=1S/C12H18N2O2/c1-12(2,3)16-11-6-10(9(13)7-14-11)15-8-4-5-8/h6-8H,4-5,13H2,1-3H3. The Bertz CT molecular complexity index is 381. The summed E-state index contributed by atoms with van der Waals surface area (Å²) < 4.78 is 11.3. The fourth-order valence-corrected chi connectivity index (χ4v) is 1.27. The Hall–Kier alpha value is -1.45. The first-order valence-corrected chi connectivity index (χ1v) is 5.55. The minimum absolute atomic E-state index is 0.264. The van der Waals surface area contributed by atoms with Crippen LogP contribution in [0.5, 0.6) is 11.6 Å². The molecular weight excluding hydrogens is 204 g/mol. The van der Waals surface area contributed by atoms with Gasteiger partial charge < -0.3 is 15.2 Å². The van der Waals surface area contributed by atoms with Gasteiger partial charge in [-0.3, -0.25) is 0 Å². The third-order valence-electron chi connectivity index (χ3n) is 2.10. The number of hydrogen-bond donors (Lipinski definition) is 1. The van der Waals surface area contributed by atoms with Crippen LogP contribution >= 0.6 is 0 Å². The summed E-state index contributed by atoms with van der Waals surface area (Å²) in [6.07, 6.45) is 4.12. The van der Waals surface area contributed by atoms with Crippen molar-refractivity contribution in [1.82, 2.24) is 4.98 Å². The van der Waals surface area contributed by atoms with E-state index in [1.54, 1.807) is 12.3 Å². The van der Waals surface area contributed by atoms with E-state index in [0.717, 1.165) is 12.8 Å². The fraction of sp³-hybridized carbons (Fsp3) is 0.583. The molecule has 0 bridgehead atoms. The Morgan fingerprint density at radius 1 is 1.38 bits per heavy atom. The van der Waals surface area contributed by atoms with E-state index in [9.17, 15) is 0 Å². The minimum Gasteiger partial charge on any atom is -0.488 e. The molecule has 0 spiro atoms. The number of hydrogen-bond acceptors (Lipinski definition) is 4. The summed E-state index contributed by atoms with van der Waals surface area (Å²) in [5.41, 5.74) is 6.09. The van der Waals surface area contributed by atoms with Gasteiger partial charge in [-0.1, -0.05) is 0 Å². The van der Waals surface area contributed by atoms with E-state index in [2.05, 4.69) is 4.98 Å². The van der Waals surface area contributed by atoms with Crippen molar-refractivity contribution in [3.63, 3.8) is 0 Å². The summed E-state index contributed by atoms with van der Waals surface area (Å²) in [6, 6.07) is 1.76. The molecule has 4 heteroatoms. The van der Waals surface area contributed by atoms with Crippen LogP contribution in [-0.4, -0.2) is 16.7 Å². The maximum atomic E-state index is 5.79. The van der Waals surface area contributed by atoms with Crippen molar-refractivity contribution >= 4 is 5.69 Å². The van der Waals surface area contributed by atoms with Gasteiger partial charge >= 0.3 is 0 Å². The lowest BCUT2D eigenvalue weighted by Gasteiger charge is -2.20. The van der Waals surface area contributed by atoms with E-state index in [1.165, 1.54) is 0 Å². The first-order chi connectivity index (χ1) is 7.44. The quantitative estimate of drug-likeness (QED) is 0.853.